The topological polar surface area (TPSA) is 50.7 Å². The lowest BCUT2D eigenvalue weighted by molar-refractivity contribution is -0.115. The molecule has 0 aliphatic heterocycles. The van der Waals surface area contributed by atoms with E-state index in [4.69, 9.17) is 0 Å². The molecule has 0 radical (unpaired) electrons. The summed E-state index contributed by atoms with van der Waals surface area (Å²) in [7, 11) is 1.41. The summed E-state index contributed by atoms with van der Waals surface area (Å²) in [5.41, 5.74) is 0. The van der Waals surface area contributed by atoms with Gasteiger partial charge in [-0.05, 0) is 19.3 Å². The summed E-state index contributed by atoms with van der Waals surface area (Å²) in [4.78, 5) is 15.5. The third kappa shape index (κ3) is 3.73. The number of rotatable bonds is 3. The van der Waals surface area contributed by atoms with Crippen LogP contribution in [0.15, 0.2) is 17.3 Å². The maximum Gasteiger partial charge on any atom is 0.266 e. The number of amides is 1. The van der Waals surface area contributed by atoms with Crippen LogP contribution in [0.2, 0.25) is 0 Å². The van der Waals surface area contributed by atoms with Crippen molar-refractivity contribution in [3.8, 4) is 0 Å². The Kier molecular flexibility index (Phi) is 4.02. The molecule has 0 bridgehead atoms. The molecule has 0 aromatic carbocycles. The summed E-state index contributed by atoms with van der Waals surface area (Å²) in [6.45, 7) is 0. The van der Waals surface area contributed by atoms with Gasteiger partial charge in [0, 0.05) is 6.04 Å². The molecule has 1 aliphatic carbocycles. The number of carbonyl (C=O) groups is 1. The molecular formula is C9H14N2O2. The van der Waals surface area contributed by atoms with E-state index in [-0.39, 0.29) is 11.9 Å². The van der Waals surface area contributed by atoms with Crippen LogP contribution >= 0.6 is 0 Å². The lowest BCUT2D eigenvalue weighted by Gasteiger charge is -2.16. The number of carbonyl (C=O) groups excluding carboxylic acids is 1. The average molecular weight is 182 g/mol. The van der Waals surface area contributed by atoms with E-state index in [1.807, 2.05) is 6.08 Å². The molecule has 1 N–H and O–H groups in total. The zero-order valence-corrected chi connectivity index (χ0v) is 7.69. The van der Waals surface area contributed by atoms with Gasteiger partial charge in [0.15, 0.2) is 0 Å². The highest BCUT2D eigenvalue weighted by atomic mass is 16.6. The highest BCUT2D eigenvalue weighted by Crippen LogP contribution is 2.09. The average Bonchev–Trinajstić information content (AvgIpc) is 2.16. The smallest absolute Gasteiger partial charge is 0.266 e. The van der Waals surface area contributed by atoms with Gasteiger partial charge >= 0.3 is 0 Å². The van der Waals surface area contributed by atoms with E-state index in [9.17, 15) is 4.79 Å². The lowest BCUT2D eigenvalue weighted by atomic mass is 10.0. The largest absolute Gasteiger partial charge is 0.399 e. The van der Waals surface area contributed by atoms with E-state index in [1.54, 1.807) is 0 Å². The van der Waals surface area contributed by atoms with Crippen molar-refractivity contribution in [2.45, 2.75) is 25.3 Å². The molecule has 1 unspecified atom stereocenters. The Bertz CT molecular complexity index is 224. The van der Waals surface area contributed by atoms with E-state index < -0.39 is 0 Å². The molecule has 72 valence electrons. The first kappa shape index (κ1) is 9.77. The summed E-state index contributed by atoms with van der Waals surface area (Å²) in [5, 5.41) is 6.17. The minimum atomic E-state index is -0.210. The van der Waals surface area contributed by atoms with Crippen molar-refractivity contribution in [1.29, 1.82) is 0 Å². The van der Waals surface area contributed by atoms with Crippen LogP contribution in [-0.4, -0.2) is 25.3 Å². The highest BCUT2D eigenvalue weighted by Gasteiger charge is 2.09. The van der Waals surface area contributed by atoms with Crippen LogP contribution in [0.5, 0.6) is 0 Å². The molecule has 13 heavy (non-hydrogen) atoms. The van der Waals surface area contributed by atoms with Crippen molar-refractivity contribution in [1.82, 2.24) is 5.32 Å². The summed E-state index contributed by atoms with van der Waals surface area (Å²) >= 11 is 0. The lowest BCUT2D eigenvalue weighted by Crippen LogP contribution is -2.34. The van der Waals surface area contributed by atoms with E-state index in [0.717, 1.165) is 25.5 Å². The molecule has 0 heterocycles. The number of allylic oxidation sites excluding steroid dienone is 1. The molecule has 1 rings (SSSR count). The molecule has 0 saturated carbocycles. The second-order valence-corrected chi connectivity index (χ2v) is 2.89. The number of hydrogen-bond donors (Lipinski definition) is 1. The zero-order valence-electron chi connectivity index (χ0n) is 7.69. The first-order chi connectivity index (χ1) is 6.33. The van der Waals surface area contributed by atoms with Gasteiger partial charge in [-0.25, -0.2) is 0 Å². The van der Waals surface area contributed by atoms with Gasteiger partial charge in [-0.2, -0.15) is 0 Å². The van der Waals surface area contributed by atoms with Gasteiger partial charge in [-0.1, -0.05) is 17.3 Å². The van der Waals surface area contributed by atoms with Crippen LogP contribution in [0, 0.1) is 0 Å². The summed E-state index contributed by atoms with van der Waals surface area (Å²) in [6.07, 6.45) is 8.48. The maximum absolute atomic E-state index is 11.1. The normalized spacial score (nSPS) is 21.8. The van der Waals surface area contributed by atoms with Crippen molar-refractivity contribution in [3.05, 3.63) is 12.2 Å². The predicted molar refractivity (Wildman–Crippen MR) is 50.4 cm³/mol. The van der Waals surface area contributed by atoms with Gasteiger partial charge in [0.2, 0.25) is 0 Å². The Morgan fingerprint density at radius 2 is 2.62 bits per heavy atom. The Morgan fingerprint density at radius 1 is 1.77 bits per heavy atom. The van der Waals surface area contributed by atoms with E-state index in [2.05, 4.69) is 21.4 Å². The fourth-order valence-electron chi connectivity index (χ4n) is 1.25. The molecule has 1 atom stereocenters. The number of nitrogens with zero attached hydrogens (tertiary/aromatic N) is 1. The number of oxime groups is 1. The Morgan fingerprint density at radius 3 is 3.23 bits per heavy atom. The molecule has 0 saturated heterocycles. The second-order valence-electron chi connectivity index (χ2n) is 2.89. The third-order valence-corrected chi connectivity index (χ3v) is 1.86. The number of hydrogen-bond acceptors (Lipinski definition) is 3. The quantitative estimate of drug-likeness (QED) is 0.399. The molecular weight excluding hydrogens is 168 g/mol. The summed E-state index contributed by atoms with van der Waals surface area (Å²) in [5.74, 6) is -0.210. The molecule has 1 amide bonds. The van der Waals surface area contributed by atoms with Crippen LogP contribution in [0.3, 0.4) is 0 Å². The Labute approximate surface area is 77.6 Å². The van der Waals surface area contributed by atoms with E-state index in [0.29, 0.717) is 0 Å². The summed E-state index contributed by atoms with van der Waals surface area (Å²) in [6, 6.07) is 0.157. The van der Waals surface area contributed by atoms with Crippen molar-refractivity contribution < 1.29 is 9.63 Å². The van der Waals surface area contributed by atoms with Crippen molar-refractivity contribution >= 4 is 12.1 Å². The second kappa shape index (κ2) is 5.35. The van der Waals surface area contributed by atoms with Gasteiger partial charge < -0.3 is 10.2 Å². The van der Waals surface area contributed by atoms with E-state index in [1.165, 1.54) is 7.11 Å². The zero-order chi connectivity index (χ0) is 9.52. The van der Waals surface area contributed by atoms with Crippen molar-refractivity contribution in [2.24, 2.45) is 5.16 Å². The van der Waals surface area contributed by atoms with Crippen molar-refractivity contribution in [2.75, 3.05) is 7.11 Å². The Hall–Kier alpha value is -1.32. The van der Waals surface area contributed by atoms with Gasteiger partial charge in [-0.15, -0.1) is 0 Å². The predicted octanol–water partition coefficient (Wildman–Crippen LogP) is 0.844. The summed E-state index contributed by atoms with van der Waals surface area (Å²) < 4.78 is 0. The fourth-order valence-corrected chi connectivity index (χ4v) is 1.25. The van der Waals surface area contributed by atoms with Crippen LogP contribution in [-0.2, 0) is 9.63 Å². The first-order valence-corrected chi connectivity index (χ1v) is 4.36. The first-order valence-electron chi connectivity index (χ1n) is 4.36. The van der Waals surface area contributed by atoms with Crippen molar-refractivity contribution in [3.63, 3.8) is 0 Å². The van der Waals surface area contributed by atoms with Gasteiger partial charge in [0.25, 0.3) is 5.91 Å². The molecule has 1 aliphatic rings. The van der Waals surface area contributed by atoms with Crippen LogP contribution in [0.4, 0.5) is 0 Å². The van der Waals surface area contributed by atoms with Crippen LogP contribution < -0.4 is 5.32 Å². The van der Waals surface area contributed by atoms with Gasteiger partial charge in [0.05, 0.1) is 0 Å². The van der Waals surface area contributed by atoms with Gasteiger partial charge in [0.1, 0.15) is 13.3 Å². The molecule has 0 fully saturated rings. The minimum Gasteiger partial charge on any atom is -0.399 e. The highest BCUT2D eigenvalue weighted by molar-refractivity contribution is 6.26. The minimum absolute atomic E-state index is 0.157. The molecule has 0 aromatic heterocycles. The Balaban J connectivity index is 2.30. The third-order valence-electron chi connectivity index (χ3n) is 1.86. The van der Waals surface area contributed by atoms with Crippen LogP contribution in [0.1, 0.15) is 19.3 Å². The molecule has 0 aromatic rings. The SMILES string of the molecule is CO/N=C/C(=O)NC1C=CCCC1. The fraction of sp³-hybridized carbons (Fsp3) is 0.556. The monoisotopic (exact) mass is 182 g/mol. The maximum atomic E-state index is 11.1. The standard InChI is InChI=1S/C9H14N2O2/c1-13-10-7-9(12)11-8-5-3-2-4-6-8/h3,5,7-8H,2,4,6H2,1H3,(H,11,12)/b10-7+. The van der Waals surface area contributed by atoms with E-state index >= 15 is 0 Å². The van der Waals surface area contributed by atoms with Crippen LogP contribution in [0.25, 0.3) is 0 Å². The molecule has 4 nitrogen and oxygen atoms in total. The number of nitrogens with one attached hydrogen (secondary N) is 1. The molecule has 0 spiro atoms. The van der Waals surface area contributed by atoms with Gasteiger partial charge in [-0.3, -0.25) is 4.79 Å². The molecule has 4 heteroatoms.